The van der Waals surface area contributed by atoms with E-state index in [4.69, 9.17) is 4.74 Å². The fraction of sp³-hybridized carbons (Fsp3) is 0.857. The number of amides is 1. The van der Waals surface area contributed by atoms with Crippen molar-refractivity contribution in [2.45, 2.75) is 58.6 Å². The van der Waals surface area contributed by atoms with Crippen LogP contribution in [0.25, 0.3) is 0 Å². The molecule has 0 aromatic rings. The predicted octanol–water partition coefficient (Wildman–Crippen LogP) is 1.90. The van der Waals surface area contributed by atoms with E-state index in [1.807, 2.05) is 20.8 Å². The third kappa shape index (κ3) is 4.82. The fourth-order valence-corrected chi connectivity index (χ4v) is 2.30. The Morgan fingerprint density at radius 1 is 1.37 bits per heavy atom. The second kappa shape index (κ2) is 6.37. The maximum Gasteiger partial charge on any atom is 0.326 e. The van der Waals surface area contributed by atoms with E-state index in [0.717, 1.165) is 12.8 Å². The first-order valence-corrected chi connectivity index (χ1v) is 6.91. The molecule has 0 aliphatic carbocycles. The van der Waals surface area contributed by atoms with Crippen LogP contribution in [0.4, 0.5) is 0 Å². The summed E-state index contributed by atoms with van der Waals surface area (Å²) in [6, 6.07) is -0.699. The highest BCUT2D eigenvalue weighted by atomic mass is 16.5. The number of carbonyl (C=O) groups is 2. The van der Waals surface area contributed by atoms with E-state index in [0.29, 0.717) is 18.9 Å². The highest BCUT2D eigenvalue weighted by Gasteiger charge is 2.35. The number of carbonyl (C=O) groups excluding carboxylic acids is 1. The van der Waals surface area contributed by atoms with E-state index in [1.165, 1.54) is 4.90 Å². The number of hydrogen-bond donors (Lipinski definition) is 1. The number of carboxylic acids is 1. The Hall–Kier alpha value is -1.10. The fourth-order valence-electron chi connectivity index (χ4n) is 2.30. The van der Waals surface area contributed by atoms with Gasteiger partial charge in [-0.3, -0.25) is 4.79 Å². The molecule has 2 unspecified atom stereocenters. The van der Waals surface area contributed by atoms with Crippen LogP contribution < -0.4 is 0 Å². The number of rotatable bonds is 4. The van der Waals surface area contributed by atoms with Gasteiger partial charge in [0.1, 0.15) is 12.6 Å². The molecule has 5 nitrogen and oxygen atoms in total. The molecule has 0 radical (unpaired) electrons. The van der Waals surface area contributed by atoms with Crippen LogP contribution in [0.1, 0.15) is 47.0 Å². The summed E-state index contributed by atoms with van der Waals surface area (Å²) in [7, 11) is 0. The van der Waals surface area contributed by atoms with Gasteiger partial charge in [-0.2, -0.15) is 0 Å². The summed E-state index contributed by atoms with van der Waals surface area (Å²) in [5, 5.41) is 9.26. The molecule has 1 rings (SSSR count). The first-order chi connectivity index (χ1) is 8.74. The third-order valence-electron chi connectivity index (χ3n) is 3.52. The SMILES string of the molecule is CCC1CCN(C(=O)COC(C)(C)C)C(C(=O)O)C1. The Bertz CT molecular complexity index is 335. The van der Waals surface area contributed by atoms with Crippen LogP contribution in [0, 0.1) is 5.92 Å². The van der Waals surface area contributed by atoms with Crippen LogP contribution in [0.3, 0.4) is 0 Å². The number of aliphatic carboxylic acids is 1. The number of ether oxygens (including phenoxy) is 1. The van der Waals surface area contributed by atoms with E-state index < -0.39 is 17.6 Å². The number of piperidine rings is 1. The van der Waals surface area contributed by atoms with E-state index >= 15 is 0 Å². The molecule has 1 aliphatic rings. The molecule has 110 valence electrons. The van der Waals surface area contributed by atoms with Crippen molar-refractivity contribution in [1.82, 2.24) is 4.90 Å². The minimum absolute atomic E-state index is 0.0515. The largest absolute Gasteiger partial charge is 0.480 e. The van der Waals surface area contributed by atoms with Gasteiger partial charge >= 0.3 is 5.97 Å². The molecule has 1 fully saturated rings. The second-order valence-corrected chi connectivity index (χ2v) is 6.14. The Kier molecular flexibility index (Phi) is 5.35. The van der Waals surface area contributed by atoms with Crippen LogP contribution in [0.5, 0.6) is 0 Å². The van der Waals surface area contributed by atoms with Crippen LogP contribution in [-0.4, -0.2) is 46.7 Å². The zero-order valence-corrected chi connectivity index (χ0v) is 12.3. The highest BCUT2D eigenvalue weighted by molar-refractivity contribution is 5.84. The molecule has 0 bridgehead atoms. The quantitative estimate of drug-likeness (QED) is 0.848. The molecular formula is C14H25NO4. The number of likely N-dealkylation sites (tertiary alicyclic amines) is 1. The van der Waals surface area contributed by atoms with Gasteiger partial charge in [0.05, 0.1) is 5.60 Å². The molecule has 1 heterocycles. The van der Waals surface area contributed by atoms with Gasteiger partial charge in [0.2, 0.25) is 5.91 Å². The van der Waals surface area contributed by atoms with Crippen molar-refractivity contribution in [1.29, 1.82) is 0 Å². The minimum Gasteiger partial charge on any atom is -0.480 e. The van der Waals surface area contributed by atoms with Gasteiger partial charge in [-0.25, -0.2) is 4.79 Å². The van der Waals surface area contributed by atoms with Crippen molar-refractivity contribution in [3.63, 3.8) is 0 Å². The zero-order valence-electron chi connectivity index (χ0n) is 12.3. The molecule has 0 aromatic heterocycles. The topological polar surface area (TPSA) is 66.8 Å². The Balaban J connectivity index is 2.64. The second-order valence-electron chi connectivity index (χ2n) is 6.14. The van der Waals surface area contributed by atoms with E-state index in [1.54, 1.807) is 0 Å². The van der Waals surface area contributed by atoms with Crippen LogP contribution >= 0.6 is 0 Å². The van der Waals surface area contributed by atoms with Gasteiger partial charge in [0.25, 0.3) is 0 Å². The van der Waals surface area contributed by atoms with Crippen LogP contribution in [0.2, 0.25) is 0 Å². The van der Waals surface area contributed by atoms with Gasteiger partial charge in [0, 0.05) is 6.54 Å². The number of nitrogens with zero attached hydrogens (tertiary/aromatic N) is 1. The normalized spacial score (nSPS) is 24.3. The molecule has 1 saturated heterocycles. The number of hydrogen-bond acceptors (Lipinski definition) is 3. The lowest BCUT2D eigenvalue weighted by Crippen LogP contribution is -2.51. The molecular weight excluding hydrogens is 246 g/mol. The summed E-state index contributed by atoms with van der Waals surface area (Å²) >= 11 is 0. The lowest BCUT2D eigenvalue weighted by Gasteiger charge is -2.37. The minimum atomic E-state index is -0.915. The van der Waals surface area contributed by atoms with Gasteiger partial charge in [-0.15, -0.1) is 0 Å². The Labute approximate surface area is 114 Å². The molecule has 19 heavy (non-hydrogen) atoms. The molecule has 1 amide bonds. The Morgan fingerprint density at radius 3 is 2.47 bits per heavy atom. The maximum atomic E-state index is 12.1. The Morgan fingerprint density at radius 2 is 2.00 bits per heavy atom. The summed E-state index contributed by atoms with van der Waals surface area (Å²) in [5.74, 6) is -0.743. The average molecular weight is 271 g/mol. The summed E-state index contributed by atoms with van der Waals surface area (Å²) in [5.41, 5.74) is -0.393. The standard InChI is InChI=1S/C14H25NO4/c1-5-10-6-7-15(11(8-10)13(17)18)12(16)9-19-14(2,3)4/h10-11H,5-9H2,1-4H3,(H,17,18). The van der Waals surface area contributed by atoms with E-state index in [2.05, 4.69) is 6.92 Å². The molecule has 0 aromatic carbocycles. The molecule has 2 atom stereocenters. The van der Waals surface area contributed by atoms with Crippen molar-refractivity contribution in [2.75, 3.05) is 13.2 Å². The van der Waals surface area contributed by atoms with E-state index in [-0.39, 0.29) is 12.5 Å². The lowest BCUT2D eigenvalue weighted by molar-refractivity contribution is -0.157. The predicted molar refractivity (Wildman–Crippen MR) is 71.9 cm³/mol. The van der Waals surface area contributed by atoms with Crippen molar-refractivity contribution in [3.8, 4) is 0 Å². The van der Waals surface area contributed by atoms with Gasteiger partial charge < -0.3 is 14.7 Å². The molecule has 0 saturated carbocycles. The first-order valence-electron chi connectivity index (χ1n) is 6.91. The molecule has 1 aliphatic heterocycles. The van der Waals surface area contributed by atoms with Crippen molar-refractivity contribution in [3.05, 3.63) is 0 Å². The lowest BCUT2D eigenvalue weighted by atomic mass is 9.89. The summed E-state index contributed by atoms with van der Waals surface area (Å²) in [6.45, 7) is 8.14. The van der Waals surface area contributed by atoms with E-state index in [9.17, 15) is 14.7 Å². The third-order valence-corrected chi connectivity index (χ3v) is 3.52. The zero-order chi connectivity index (χ0) is 14.6. The van der Waals surface area contributed by atoms with Crippen LogP contribution in [0.15, 0.2) is 0 Å². The summed E-state index contributed by atoms with van der Waals surface area (Å²) in [4.78, 5) is 24.8. The summed E-state index contributed by atoms with van der Waals surface area (Å²) in [6.07, 6.45) is 2.39. The van der Waals surface area contributed by atoms with Gasteiger partial charge in [0.15, 0.2) is 0 Å². The van der Waals surface area contributed by atoms with Gasteiger partial charge in [-0.1, -0.05) is 13.3 Å². The van der Waals surface area contributed by atoms with Crippen molar-refractivity contribution >= 4 is 11.9 Å². The highest BCUT2D eigenvalue weighted by Crippen LogP contribution is 2.25. The van der Waals surface area contributed by atoms with Crippen LogP contribution in [-0.2, 0) is 14.3 Å². The maximum absolute atomic E-state index is 12.1. The average Bonchev–Trinajstić information content (AvgIpc) is 2.34. The molecule has 5 heteroatoms. The van der Waals surface area contributed by atoms with Crippen molar-refractivity contribution < 1.29 is 19.4 Å². The summed E-state index contributed by atoms with van der Waals surface area (Å²) < 4.78 is 5.44. The van der Waals surface area contributed by atoms with Gasteiger partial charge in [-0.05, 0) is 39.5 Å². The van der Waals surface area contributed by atoms with Crippen molar-refractivity contribution in [2.24, 2.45) is 5.92 Å². The smallest absolute Gasteiger partial charge is 0.326 e. The number of carboxylic acid groups (broad SMARTS) is 1. The monoisotopic (exact) mass is 271 g/mol. The molecule has 0 spiro atoms. The molecule has 1 N–H and O–H groups in total. The first kappa shape index (κ1) is 16.0.